The maximum atomic E-state index is 12.1. The van der Waals surface area contributed by atoms with Crippen molar-refractivity contribution < 1.29 is 9.53 Å². The third-order valence-corrected chi connectivity index (χ3v) is 4.31. The normalized spacial score (nSPS) is 16.0. The van der Waals surface area contributed by atoms with E-state index in [1.54, 1.807) is 7.11 Å². The van der Waals surface area contributed by atoms with Gasteiger partial charge < -0.3 is 15.0 Å². The van der Waals surface area contributed by atoms with E-state index in [4.69, 9.17) is 4.74 Å². The number of hydrogen-bond donors (Lipinski definition) is 1. The molecule has 0 saturated carbocycles. The Morgan fingerprint density at radius 3 is 2.68 bits per heavy atom. The average molecular weight is 304 g/mol. The Morgan fingerprint density at radius 1 is 1.27 bits per heavy atom. The zero-order chi connectivity index (χ0) is 15.6. The van der Waals surface area contributed by atoms with Crippen LogP contribution in [0.4, 0.5) is 0 Å². The molecule has 4 heteroatoms. The largest absolute Gasteiger partial charge is 0.385 e. The fourth-order valence-electron chi connectivity index (χ4n) is 2.98. The van der Waals surface area contributed by atoms with Crippen LogP contribution in [0.15, 0.2) is 30.3 Å². The van der Waals surface area contributed by atoms with Crippen LogP contribution in [-0.4, -0.2) is 50.7 Å². The predicted molar refractivity (Wildman–Crippen MR) is 88.8 cm³/mol. The molecule has 0 radical (unpaired) electrons. The number of ether oxygens (including phenoxy) is 1. The number of likely N-dealkylation sites (tertiary alicyclic amines) is 1. The van der Waals surface area contributed by atoms with E-state index in [2.05, 4.69) is 35.6 Å². The highest BCUT2D eigenvalue weighted by Gasteiger charge is 2.22. The van der Waals surface area contributed by atoms with Gasteiger partial charge in [0.05, 0.1) is 6.54 Å². The van der Waals surface area contributed by atoms with E-state index in [9.17, 15) is 4.79 Å². The second-order valence-electron chi connectivity index (χ2n) is 6.04. The van der Waals surface area contributed by atoms with E-state index >= 15 is 0 Å². The van der Waals surface area contributed by atoms with Crippen molar-refractivity contribution >= 4 is 5.91 Å². The zero-order valence-electron chi connectivity index (χ0n) is 13.6. The van der Waals surface area contributed by atoms with E-state index in [1.165, 1.54) is 5.56 Å². The fourth-order valence-corrected chi connectivity index (χ4v) is 2.98. The molecule has 22 heavy (non-hydrogen) atoms. The van der Waals surface area contributed by atoms with E-state index in [1.807, 2.05) is 4.90 Å². The first kappa shape index (κ1) is 17.0. The number of benzene rings is 1. The summed E-state index contributed by atoms with van der Waals surface area (Å²) < 4.78 is 4.99. The summed E-state index contributed by atoms with van der Waals surface area (Å²) in [5, 5.41) is 3.20. The molecule has 4 nitrogen and oxygen atoms in total. The van der Waals surface area contributed by atoms with Gasteiger partial charge in [-0.15, -0.1) is 0 Å². The number of piperidine rings is 1. The summed E-state index contributed by atoms with van der Waals surface area (Å²) >= 11 is 0. The molecule has 0 unspecified atom stereocenters. The third kappa shape index (κ3) is 5.78. The highest BCUT2D eigenvalue weighted by molar-refractivity contribution is 5.78. The van der Waals surface area contributed by atoms with Gasteiger partial charge in [0.15, 0.2) is 0 Å². The van der Waals surface area contributed by atoms with Crippen LogP contribution in [0.2, 0.25) is 0 Å². The van der Waals surface area contributed by atoms with Gasteiger partial charge in [-0.05, 0) is 43.7 Å². The van der Waals surface area contributed by atoms with Crippen LogP contribution in [0.3, 0.4) is 0 Å². The van der Waals surface area contributed by atoms with Gasteiger partial charge >= 0.3 is 0 Å². The molecule has 122 valence electrons. The van der Waals surface area contributed by atoms with Crippen LogP contribution in [0.25, 0.3) is 0 Å². The maximum Gasteiger partial charge on any atom is 0.236 e. The van der Waals surface area contributed by atoms with Crippen LogP contribution in [0.1, 0.15) is 24.8 Å². The van der Waals surface area contributed by atoms with Gasteiger partial charge in [-0.3, -0.25) is 4.79 Å². The lowest BCUT2D eigenvalue weighted by Crippen LogP contribution is -2.43. The Bertz CT molecular complexity index is 428. The number of methoxy groups -OCH3 is 1. The minimum atomic E-state index is 0.232. The van der Waals surface area contributed by atoms with E-state index in [-0.39, 0.29) is 5.91 Å². The molecule has 1 fully saturated rings. The van der Waals surface area contributed by atoms with Gasteiger partial charge in [0.2, 0.25) is 5.91 Å². The number of carbonyl (C=O) groups excluding carboxylic acids is 1. The molecule has 1 aliphatic heterocycles. The quantitative estimate of drug-likeness (QED) is 0.748. The molecule has 2 rings (SSSR count). The van der Waals surface area contributed by atoms with Gasteiger partial charge in [0.25, 0.3) is 0 Å². The first-order valence-corrected chi connectivity index (χ1v) is 8.31. The number of rotatable bonds is 8. The number of carbonyl (C=O) groups is 1. The highest BCUT2D eigenvalue weighted by atomic mass is 16.5. The summed E-state index contributed by atoms with van der Waals surface area (Å²) in [4.78, 5) is 14.1. The second-order valence-corrected chi connectivity index (χ2v) is 6.04. The molecule has 0 bridgehead atoms. The first-order valence-electron chi connectivity index (χ1n) is 8.31. The molecule has 0 aliphatic carbocycles. The van der Waals surface area contributed by atoms with Gasteiger partial charge in [-0.25, -0.2) is 0 Å². The molecular formula is C18H28N2O2. The molecule has 1 N–H and O–H groups in total. The minimum absolute atomic E-state index is 0.232. The zero-order valence-corrected chi connectivity index (χ0v) is 13.6. The topological polar surface area (TPSA) is 41.6 Å². The average Bonchev–Trinajstić information content (AvgIpc) is 2.56. The first-order chi connectivity index (χ1) is 10.8. The fraction of sp³-hybridized carbons (Fsp3) is 0.611. The Kier molecular flexibility index (Phi) is 7.40. The summed E-state index contributed by atoms with van der Waals surface area (Å²) in [6.45, 7) is 3.83. The molecule has 0 spiro atoms. The van der Waals surface area contributed by atoms with Crippen molar-refractivity contribution in [2.24, 2.45) is 5.92 Å². The summed E-state index contributed by atoms with van der Waals surface area (Å²) in [5.41, 5.74) is 1.41. The molecule has 1 amide bonds. The lowest BCUT2D eigenvalue weighted by atomic mass is 9.90. The number of nitrogens with one attached hydrogen (secondary N) is 1. The Balaban J connectivity index is 1.63. The van der Waals surface area contributed by atoms with Crippen molar-refractivity contribution in [3.05, 3.63) is 35.9 Å². The highest BCUT2D eigenvalue weighted by Crippen LogP contribution is 2.21. The molecule has 1 aromatic carbocycles. The van der Waals surface area contributed by atoms with E-state index in [0.29, 0.717) is 12.5 Å². The van der Waals surface area contributed by atoms with Crippen molar-refractivity contribution in [1.29, 1.82) is 0 Å². The smallest absolute Gasteiger partial charge is 0.236 e. The minimum Gasteiger partial charge on any atom is -0.385 e. The molecule has 1 aliphatic rings. The van der Waals surface area contributed by atoms with Gasteiger partial charge in [0.1, 0.15) is 0 Å². The molecule has 1 heterocycles. The van der Waals surface area contributed by atoms with Crippen LogP contribution in [-0.2, 0) is 16.0 Å². The van der Waals surface area contributed by atoms with Crippen molar-refractivity contribution in [3.63, 3.8) is 0 Å². The van der Waals surface area contributed by atoms with Gasteiger partial charge in [-0.2, -0.15) is 0 Å². The van der Waals surface area contributed by atoms with Crippen LogP contribution >= 0.6 is 0 Å². The van der Waals surface area contributed by atoms with Gasteiger partial charge in [-0.1, -0.05) is 30.3 Å². The van der Waals surface area contributed by atoms with Crippen molar-refractivity contribution in [2.75, 3.05) is 39.9 Å². The maximum absolute atomic E-state index is 12.1. The van der Waals surface area contributed by atoms with E-state index in [0.717, 1.165) is 51.9 Å². The molecule has 0 atom stereocenters. The van der Waals surface area contributed by atoms with Gasteiger partial charge in [0, 0.05) is 26.8 Å². The summed E-state index contributed by atoms with van der Waals surface area (Å²) in [6.07, 6.45) is 4.32. The second kappa shape index (κ2) is 9.59. The number of amides is 1. The lowest BCUT2D eigenvalue weighted by Gasteiger charge is -2.32. The van der Waals surface area contributed by atoms with Crippen molar-refractivity contribution in [3.8, 4) is 0 Å². The SMILES string of the molecule is COCCCNCC(=O)N1CCC(Cc2ccccc2)CC1. The Hall–Kier alpha value is -1.39. The van der Waals surface area contributed by atoms with Crippen LogP contribution < -0.4 is 5.32 Å². The van der Waals surface area contributed by atoms with Crippen molar-refractivity contribution in [2.45, 2.75) is 25.7 Å². The molecule has 1 aromatic rings. The number of hydrogen-bond acceptors (Lipinski definition) is 3. The number of nitrogens with zero attached hydrogens (tertiary/aromatic N) is 1. The molecule has 0 aromatic heterocycles. The molecule has 1 saturated heterocycles. The Labute approximate surface area is 133 Å². The lowest BCUT2D eigenvalue weighted by molar-refractivity contribution is -0.131. The Morgan fingerprint density at radius 2 is 2.00 bits per heavy atom. The van der Waals surface area contributed by atoms with Crippen molar-refractivity contribution in [1.82, 2.24) is 10.2 Å². The van der Waals surface area contributed by atoms with Crippen LogP contribution in [0.5, 0.6) is 0 Å². The van der Waals surface area contributed by atoms with Crippen LogP contribution in [0, 0.1) is 5.92 Å². The standard InChI is InChI=1S/C18H28N2O2/c1-22-13-5-10-19-15-18(21)20-11-8-17(9-12-20)14-16-6-3-2-4-7-16/h2-4,6-7,17,19H,5,8-15H2,1H3. The molecular weight excluding hydrogens is 276 g/mol. The van der Waals surface area contributed by atoms with E-state index < -0.39 is 0 Å². The summed E-state index contributed by atoms with van der Waals surface area (Å²) in [5.74, 6) is 0.941. The third-order valence-electron chi connectivity index (χ3n) is 4.31. The predicted octanol–water partition coefficient (Wildman–Crippen LogP) is 2.09. The summed E-state index contributed by atoms with van der Waals surface area (Å²) in [7, 11) is 1.70. The summed E-state index contributed by atoms with van der Waals surface area (Å²) in [6, 6.07) is 10.7. The monoisotopic (exact) mass is 304 g/mol.